The third-order valence-corrected chi connectivity index (χ3v) is 2.06. The molecule has 0 aromatic carbocycles. The maximum absolute atomic E-state index is 13.6. The van der Waals surface area contributed by atoms with Crippen molar-refractivity contribution >= 4 is 11.8 Å². The molecule has 0 aliphatic carbocycles. The second-order valence-corrected chi connectivity index (χ2v) is 3.38. The van der Waals surface area contributed by atoms with Gasteiger partial charge in [0, 0.05) is 18.8 Å². The molecule has 0 bridgehead atoms. The molecule has 1 heterocycles. The highest BCUT2D eigenvalue weighted by Gasteiger charge is 2.15. The molecule has 0 aliphatic heterocycles. The number of carboxylic acid groups (broad SMARTS) is 1. The van der Waals surface area contributed by atoms with Crippen molar-refractivity contribution in [3.05, 3.63) is 23.6 Å². The van der Waals surface area contributed by atoms with E-state index in [2.05, 4.69) is 10.3 Å². The third-order valence-electron chi connectivity index (χ3n) is 2.06. The standard InChI is InChI=1S/C10H13FN2O3/c1-6(3-5-14)13-9-8(11)7(10(15)16)2-4-12-9/h2,4,6,14H,3,5H2,1H3,(H,12,13)(H,15,16). The van der Waals surface area contributed by atoms with Crippen molar-refractivity contribution in [1.82, 2.24) is 4.98 Å². The summed E-state index contributed by atoms with van der Waals surface area (Å²) in [6.07, 6.45) is 1.65. The molecule has 3 N–H and O–H groups in total. The molecule has 0 amide bonds. The molecular formula is C10H13FN2O3. The summed E-state index contributed by atoms with van der Waals surface area (Å²) in [5.41, 5.74) is -0.423. The molecule has 16 heavy (non-hydrogen) atoms. The Kier molecular flexibility index (Phi) is 4.19. The molecule has 1 aromatic heterocycles. The molecule has 6 heteroatoms. The smallest absolute Gasteiger partial charge is 0.338 e. The number of aliphatic hydroxyl groups is 1. The van der Waals surface area contributed by atoms with Gasteiger partial charge in [0.2, 0.25) is 0 Å². The zero-order valence-corrected chi connectivity index (χ0v) is 8.77. The van der Waals surface area contributed by atoms with Gasteiger partial charge in [-0.2, -0.15) is 0 Å². The molecule has 1 unspecified atom stereocenters. The Morgan fingerprint density at radius 2 is 2.38 bits per heavy atom. The molecule has 0 spiro atoms. The number of hydrogen-bond acceptors (Lipinski definition) is 4. The van der Waals surface area contributed by atoms with Crippen LogP contribution in [0.25, 0.3) is 0 Å². The lowest BCUT2D eigenvalue weighted by Gasteiger charge is -2.13. The van der Waals surface area contributed by atoms with Crippen LogP contribution < -0.4 is 5.32 Å². The number of aromatic nitrogens is 1. The van der Waals surface area contributed by atoms with Gasteiger partial charge in [-0.25, -0.2) is 14.2 Å². The fourth-order valence-corrected chi connectivity index (χ4v) is 1.21. The Morgan fingerprint density at radius 1 is 1.69 bits per heavy atom. The minimum absolute atomic E-state index is 0.0333. The summed E-state index contributed by atoms with van der Waals surface area (Å²) in [6.45, 7) is 1.71. The van der Waals surface area contributed by atoms with E-state index in [1.807, 2.05) is 0 Å². The van der Waals surface area contributed by atoms with Gasteiger partial charge in [0.15, 0.2) is 11.6 Å². The first-order valence-corrected chi connectivity index (χ1v) is 4.81. The summed E-state index contributed by atoms with van der Waals surface area (Å²) >= 11 is 0. The molecule has 0 aliphatic rings. The summed E-state index contributed by atoms with van der Waals surface area (Å²) in [7, 11) is 0. The zero-order chi connectivity index (χ0) is 12.1. The van der Waals surface area contributed by atoms with Crippen LogP contribution in [0.4, 0.5) is 10.2 Å². The molecule has 5 nitrogen and oxygen atoms in total. The topological polar surface area (TPSA) is 82.5 Å². The van der Waals surface area contributed by atoms with Gasteiger partial charge >= 0.3 is 5.97 Å². The van der Waals surface area contributed by atoms with Crippen LogP contribution in [0.5, 0.6) is 0 Å². The lowest BCUT2D eigenvalue weighted by Crippen LogP contribution is -2.19. The highest BCUT2D eigenvalue weighted by Crippen LogP contribution is 2.16. The molecule has 1 atom stereocenters. The van der Waals surface area contributed by atoms with Crippen molar-refractivity contribution in [3.63, 3.8) is 0 Å². The first kappa shape index (κ1) is 12.4. The lowest BCUT2D eigenvalue weighted by atomic mass is 10.2. The molecule has 1 aromatic rings. The highest BCUT2D eigenvalue weighted by atomic mass is 19.1. The predicted octanol–water partition coefficient (Wildman–Crippen LogP) is 1.10. The number of halogens is 1. The highest BCUT2D eigenvalue weighted by molar-refractivity contribution is 5.88. The van der Waals surface area contributed by atoms with E-state index in [0.29, 0.717) is 6.42 Å². The van der Waals surface area contributed by atoms with Gasteiger partial charge < -0.3 is 15.5 Å². The first-order valence-electron chi connectivity index (χ1n) is 4.81. The number of nitrogens with zero attached hydrogens (tertiary/aromatic N) is 1. The Labute approximate surface area is 91.9 Å². The van der Waals surface area contributed by atoms with E-state index in [9.17, 15) is 9.18 Å². The monoisotopic (exact) mass is 228 g/mol. The van der Waals surface area contributed by atoms with E-state index in [1.165, 1.54) is 6.20 Å². The molecule has 88 valence electrons. The van der Waals surface area contributed by atoms with Gasteiger partial charge in [-0.1, -0.05) is 0 Å². The Morgan fingerprint density at radius 3 is 2.94 bits per heavy atom. The van der Waals surface area contributed by atoms with Gasteiger partial charge in [0.05, 0.1) is 0 Å². The SMILES string of the molecule is CC(CCO)Nc1nccc(C(=O)O)c1F. The Hall–Kier alpha value is -1.69. The van der Waals surface area contributed by atoms with Gasteiger partial charge in [-0.3, -0.25) is 0 Å². The van der Waals surface area contributed by atoms with E-state index >= 15 is 0 Å². The normalized spacial score (nSPS) is 12.2. The number of hydrogen-bond donors (Lipinski definition) is 3. The van der Waals surface area contributed by atoms with E-state index < -0.39 is 17.3 Å². The number of nitrogens with one attached hydrogen (secondary N) is 1. The third kappa shape index (κ3) is 2.90. The summed E-state index contributed by atoms with van der Waals surface area (Å²) in [5, 5.41) is 20.1. The van der Waals surface area contributed by atoms with Crippen molar-refractivity contribution in [2.45, 2.75) is 19.4 Å². The van der Waals surface area contributed by atoms with Gasteiger partial charge in [0.1, 0.15) is 5.56 Å². The molecule has 0 saturated heterocycles. The maximum atomic E-state index is 13.6. The van der Waals surface area contributed by atoms with Gasteiger partial charge in [0.25, 0.3) is 0 Å². The Bertz CT molecular complexity index is 384. The molecule has 1 rings (SSSR count). The number of carbonyl (C=O) groups is 1. The van der Waals surface area contributed by atoms with Crippen LogP contribution in [-0.4, -0.2) is 33.8 Å². The Balaban J connectivity index is 2.89. The molecule has 0 fully saturated rings. The second-order valence-electron chi connectivity index (χ2n) is 3.38. The van der Waals surface area contributed by atoms with Crippen LogP contribution in [0.2, 0.25) is 0 Å². The first-order chi connectivity index (χ1) is 7.56. The summed E-state index contributed by atoms with van der Waals surface area (Å²) in [6, 6.07) is 0.913. The van der Waals surface area contributed by atoms with Crippen molar-refractivity contribution in [2.24, 2.45) is 0 Å². The van der Waals surface area contributed by atoms with Crippen LogP contribution in [0.3, 0.4) is 0 Å². The van der Waals surface area contributed by atoms with Gasteiger partial charge in [-0.05, 0) is 19.4 Å². The molecular weight excluding hydrogens is 215 g/mol. The summed E-state index contributed by atoms with van der Waals surface area (Å²) < 4.78 is 13.6. The van der Waals surface area contributed by atoms with Crippen LogP contribution in [0, 0.1) is 5.82 Å². The predicted molar refractivity (Wildman–Crippen MR) is 55.9 cm³/mol. The average molecular weight is 228 g/mol. The van der Waals surface area contributed by atoms with Crippen molar-refractivity contribution in [2.75, 3.05) is 11.9 Å². The minimum Gasteiger partial charge on any atom is -0.478 e. The lowest BCUT2D eigenvalue weighted by molar-refractivity contribution is 0.0692. The van der Waals surface area contributed by atoms with E-state index in [1.54, 1.807) is 6.92 Å². The zero-order valence-electron chi connectivity index (χ0n) is 8.77. The number of anilines is 1. The maximum Gasteiger partial charge on any atom is 0.338 e. The van der Waals surface area contributed by atoms with Crippen molar-refractivity contribution in [1.29, 1.82) is 0 Å². The van der Waals surface area contributed by atoms with Crippen LogP contribution in [-0.2, 0) is 0 Å². The fourth-order valence-electron chi connectivity index (χ4n) is 1.21. The second kappa shape index (κ2) is 5.41. The number of aliphatic hydroxyl groups excluding tert-OH is 1. The fraction of sp³-hybridized carbons (Fsp3) is 0.400. The number of rotatable bonds is 5. The van der Waals surface area contributed by atoms with Crippen molar-refractivity contribution < 1.29 is 19.4 Å². The largest absolute Gasteiger partial charge is 0.478 e. The average Bonchev–Trinajstić information content (AvgIpc) is 2.21. The summed E-state index contributed by atoms with van der Waals surface area (Å²) in [4.78, 5) is 14.4. The van der Waals surface area contributed by atoms with E-state index in [0.717, 1.165) is 6.07 Å². The van der Waals surface area contributed by atoms with Crippen LogP contribution in [0.15, 0.2) is 12.3 Å². The minimum atomic E-state index is -1.34. The number of pyridine rings is 1. The summed E-state index contributed by atoms with van der Waals surface area (Å²) in [5.74, 6) is -2.33. The van der Waals surface area contributed by atoms with Crippen LogP contribution >= 0.6 is 0 Å². The molecule has 0 radical (unpaired) electrons. The van der Waals surface area contributed by atoms with E-state index in [4.69, 9.17) is 10.2 Å². The molecule has 0 saturated carbocycles. The van der Waals surface area contributed by atoms with Crippen molar-refractivity contribution in [3.8, 4) is 0 Å². The quantitative estimate of drug-likeness (QED) is 0.703. The van der Waals surface area contributed by atoms with Crippen LogP contribution in [0.1, 0.15) is 23.7 Å². The number of aromatic carboxylic acids is 1. The van der Waals surface area contributed by atoms with Gasteiger partial charge in [-0.15, -0.1) is 0 Å². The van der Waals surface area contributed by atoms with E-state index in [-0.39, 0.29) is 18.5 Å². The number of carboxylic acids is 1.